The van der Waals surface area contributed by atoms with E-state index in [-0.39, 0.29) is 18.0 Å². The highest BCUT2D eigenvalue weighted by molar-refractivity contribution is 5.76. The molecule has 0 aliphatic heterocycles. The normalized spacial score (nSPS) is 13.9. The summed E-state index contributed by atoms with van der Waals surface area (Å²) in [5.41, 5.74) is 0.889. The molecule has 100 valence electrons. The second-order valence-electron chi connectivity index (χ2n) is 4.43. The molecule has 0 spiro atoms. The number of carbonyl (C=O) groups excluding carboxylic acids is 1. The summed E-state index contributed by atoms with van der Waals surface area (Å²) in [6.07, 6.45) is 6.49. The van der Waals surface area contributed by atoms with Crippen molar-refractivity contribution in [2.24, 2.45) is 0 Å². The Morgan fingerprint density at radius 1 is 1.39 bits per heavy atom. The molecule has 2 atom stereocenters. The van der Waals surface area contributed by atoms with Gasteiger partial charge in [0.25, 0.3) is 0 Å². The van der Waals surface area contributed by atoms with E-state index in [0.717, 1.165) is 12.1 Å². The first-order chi connectivity index (χ1) is 8.63. The Kier molecular flexibility index (Phi) is 6.28. The maximum atomic E-state index is 11.6. The summed E-state index contributed by atoms with van der Waals surface area (Å²) in [6, 6.07) is 0.352. The highest BCUT2D eigenvalue weighted by atomic mass is 16.1. The molecule has 0 radical (unpaired) electrons. The minimum atomic E-state index is 0.0863. The van der Waals surface area contributed by atoms with Crippen LogP contribution in [0.5, 0.6) is 0 Å². The van der Waals surface area contributed by atoms with Gasteiger partial charge >= 0.3 is 0 Å². The topological polar surface area (TPSA) is 66.9 Å². The summed E-state index contributed by atoms with van der Waals surface area (Å²) in [5.74, 6) is 0.0863. The smallest absolute Gasteiger partial charge is 0.221 e. The monoisotopic (exact) mass is 250 g/mol. The lowest BCUT2D eigenvalue weighted by Gasteiger charge is -2.14. The van der Waals surface area contributed by atoms with Gasteiger partial charge in [-0.05, 0) is 20.3 Å². The molecule has 5 nitrogen and oxygen atoms in total. The van der Waals surface area contributed by atoms with Crippen molar-refractivity contribution in [3.05, 3.63) is 24.3 Å². The summed E-state index contributed by atoms with van der Waals surface area (Å²) in [7, 11) is 0. The van der Waals surface area contributed by atoms with Crippen LogP contribution in [-0.2, 0) is 4.79 Å². The Labute approximate surface area is 108 Å². The van der Waals surface area contributed by atoms with Gasteiger partial charge in [0.1, 0.15) is 0 Å². The lowest BCUT2D eigenvalue weighted by molar-refractivity contribution is -0.121. The molecule has 18 heavy (non-hydrogen) atoms. The predicted octanol–water partition coefficient (Wildman–Crippen LogP) is 1.43. The Morgan fingerprint density at radius 3 is 2.78 bits per heavy atom. The predicted molar refractivity (Wildman–Crippen MR) is 71.0 cm³/mol. The molecule has 1 heterocycles. The van der Waals surface area contributed by atoms with Gasteiger partial charge in [-0.15, -0.1) is 0 Å². The van der Waals surface area contributed by atoms with Gasteiger partial charge in [0.15, 0.2) is 0 Å². The van der Waals surface area contributed by atoms with Crippen LogP contribution in [0.1, 0.15) is 45.3 Å². The van der Waals surface area contributed by atoms with Gasteiger partial charge in [-0.3, -0.25) is 14.8 Å². The molecule has 0 saturated heterocycles. The van der Waals surface area contributed by atoms with Crippen LogP contribution in [0.15, 0.2) is 18.6 Å². The first kappa shape index (κ1) is 14.6. The molecule has 2 unspecified atom stereocenters. The SMILES string of the molecule is CCC(C)NC(=O)CCNC(C)c1cnccn1. The zero-order valence-electron chi connectivity index (χ0n) is 11.3. The molecular weight excluding hydrogens is 228 g/mol. The van der Waals surface area contributed by atoms with Crippen LogP contribution >= 0.6 is 0 Å². The largest absolute Gasteiger partial charge is 0.354 e. The average Bonchev–Trinajstić information content (AvgIpc) is 2.39. The number of carbonyl (C=O) groups is 1. The fourth-order valence-electron chi connectivity index (χ4n) is 1.49. The number of hydrogen-bond donors (Lipinski definition) is 2. The van der Waals surface area contributed by atoms with E-state index in [9.17, 15) is 4.79 Å². The van der Waals surface area contributed by atoms with E-state index in [1.54, 1.807) is 18.6 Å². The zero-order chi connectivity index (χ0) is 13.4. The van der Waals surface area contributed by atoms with Gasteiger partial charge in [-0.2, -0.15) is 0 Å². The van der Waals surface area contributed by atoms with E-state index in [1.165, 1.54) is 0 Å². The van der Waals surface area contributed by atoms with Crippen molar-refractivity contribution in [3.8, 4) is 0 Å². The van der Waals surface area contributed by atoms with Crippen LogP contribution in [0, 0.1) is 0 Å². The molecule has 0 fully saturated rings. The first-order valence-corrected chi connectivity index (χ1v) is 6.42. The summed E-state index contributed by atoms with van der Waals surface area (Å²) >= 11 is 0. The molecule has 2 N–H and O–H groups in total. The molecular formula is C13H22N4O. The van der Waals surface area contributed by atoms with E-state index >= 15 is 0 Å². The molecule has 1 aromatic heterocycles. The number of nitrogens with one attached hydrogen (secondary N) is 2. The van der Waals surface area contributed by atoms with E-state index in [2.05, 4.69) is 27.5 Å². The lowest BCUT2D eigenvalue weighted by Crippen LogP contribution is -2.34. The molecule has 1 amide bonds. The van der Waals surface area contributed by atoms with E-state index in [4.69, 9.17) is 0 Å². The number of nitrogens with zero attached hydrogens (tertiary/aromatic N) is 2. The van der Waals surface area contributed by atoms with E-state index in [1.807, 2.05) is 13.8 Å². The highest BCUT2D eigenvalue weighted by Crippen LogP contribution is 2.05. The number of rotatable bonds is 7. The first-order valence-electron chi connectivity index (χ1n) is 6.42. The Morgan fingerprint density at radius 2 is 2.17 bits per heavy atom. The maximum Gasteiger partial charge on any atom is 0.221 e. The van der Waals surface area contributed by atoms with Gasteiger partial charge in [0.2, 0.25) is 5.91 Å². The third-order valence-corrected chi connectivity index (χ3v) is 2.85. The van der Waals surface area contributed by atoms with Crippen LogP contribution in [0.25, 0.3) is 0 Å². The summed E-state index contributed by atoms with van der Waals surface area (Å²) in [4.78, 5) is 19.8. The van der Waals surface area contributed by atoms with Crippen molar-refractivity contribution in [2.75, 3.05) is 6.54 Å². The quantitative estimate of drug-likeness (QED) is 0.768. The van der Waals surface area contributed by atoms with Crippen molar-refractivity contribution in [3.63, 3.8) is 0 Å². The molecule has 0 aromatic carbocycles. The molecule has 0 bridgehead atoms. The van der Waals surface area contributed by atoms with E-state index < -0.39 is 0 Å². The van der Waals surface area contributed by atoms with Crippen LogP contribution in [0.3, 0.4) is 0 Å². The fraction of sp³-hybridized carbons (Fsp3) is 0.615. The van der Waals surface area contributed by atoms with Crippen LogP contribution < -0.4 is 10.6 Å². The zero-order valence-corrected chi connectivity index (χ0v) is 11.3. The minimum Gasteiger partial charge on any atom is -0.354 e. The molecule has 0 saturated carbocycles. The molecule has 1 rings (SSSR count). The molecule has 5 heteroatoms. The molecule has 1 aromatic rings. The average molecular weight is 250 g/mol. The van der Waals surface area contributed by atoms with Gasteiger partial charge in [-0.25, -0.2) is 0 Å². The van der Waals surface area contributed by atoms with Crippen molar-refractivity contribution in [2.45, 2.75) is 45.7 Å². The maximum absolute atomic E-state index is 11.6. The summed E-state index contributed by atoms with van der Waals surface area (Å²) in [5, 5.41) is 6.19. The number of aromatic nitrogens is 2. The van der Waals surface area contributed by atoms with Gasteiger partial charge < -0.3 is 10.6 Å². The summed E-state index contributed by atoms with van der Waals surface area (Å²) < 4.78 is 0. The Hall–Kier alpha value is -1.49. The van der Waals surface area contributed by atoms with Crippen molar-refractivity contribution in [1.29, 1.82) is 0 Å². The number of hydrogen-bond acceptors (Lipinski definition) is 4. The second kappa shape index (κ2) is 7.76. The highest BCUT2D eigenvalue weighted by Gasteiger charge is 2.08. The van der Waals surface area contributed by atoms with Gasteiger partial charge in [0.05, 0.1) is 5.69 Å². The third-order valence-electron chi connectivity index (χ3n) is 2.85. The fourth-order valence-corrected chi connectivity index (χ4v) is 1.49. The van der Waals surface area contributed by atoms with E-state index in [0.29, 0.717) is 13.0 Å². The lowest BCUT2D eigenvalue weighted by atomic mass is 10.2. The van der Waals surface area contributed by atoms with Gasteiger partial charge in [-0.1, -0.05) is 6.92 Å². The standard InChI is InChI=1S/C13H22N4O/c1-4-10(2)17-13(18)5-6-15-11(3)12-9-14-7-8-16-12/h7-11,15H,4-6H2,1-3H3,(H,17,18). The minimum absolute atomic E-state index is 0.0863. The van der Waals surface area contributed by atoms with Gasteiger partial charge in [0, 0.05) is 43.6 Å². The van der Waals surface area contributed by atoms with Crippen LogP contribution in [-0.4, -0.2) is 28.5 Å². The van der Waals surface area contributed by atoms with Crippen molar-refractivity contribution in [1.82, 2.24) is 20.6 Å². The summed E-state index contributed by atoms with van der Waals surface area (Å²) in [6.45, 7) is 6.71. The number of amides is 1. The Balaban J connectivity index is 2.23. The third kappa shape index (κ3) is 5.23. The van der Waals surface area contributed by atoms with Crippen molar-refractivity contribution < 1.29 is 4.79 Å². The van der Waals surface area contributed by atoms with Crippen LogP contribution in [0.4, 0.5) is 0 Å². The second-order valence-corrected chi connectivity index (χ2v) is 4.43. The molecule has 0 aliphatic carbocycles. The van der Waals surface area contributed by atoms with Crippen LogP contribution in [0.2, 0.25) is 0 Å². The Bertz CT molecular complexity index is 355. The molecule has 0 aliphatic rings. The van der Waals surface area contributed by atoms with Crippen molar-refractivity contribution >= 4 is 5.91 Å².